The third-order valence-corrected chi connectivity index (χ3v) is 4.73. The second-order valence-electron chi connectivity index (χ2n) is 6.03. The summed E-state index contributed by atoms with van der Waals surface area (Å²) in [5.41, 5.74) is 2.97. The van der Waals surface area contributed by atoms with Crippen LogP contribution in [-0.2, 0) is 10.2 Å². The van der Waals surface area contributed by atoms with Gasteiger partial charge < -0.3 is 4.90 Å². The van der Waals surface area contributed by atoms with Crippen LogP contribution < -0.4 is 14.8 Å². The van der Waals surface area contributed by atoms with E-state index < -0.39 is 10.2 Å². The van der Waals surface area contributed by atoms with E-state index in [1.165, 1.54) is 0 Å². The molecular weight excluding hydrogens is 328 g/mol. The molecule has 2 heterocycles. The van der Waals surface area contributed by atoms with Gasteiger partial charge in [-0.15, -0.1) is 10.2 Å². The third-order valence-electron chi connectivity index (χ3n) is 4.13. The Bertz CT molecular complexity index is 915. The highest BCUT2D eigenvalue weighted by molar-refractivity contribution is 7.87. The zero-order chi connectivity index (χ0) is 17.3. The fourth-order valence-electron chi connectivity index (χ4n) is 2.94. The molecule has 0 unspecified atom stereocenters. The van der Waals surface area contributed by atoms with E-state index in [1.807, 2.05) is 25.1 Å². The Labute approximate surface area is 140 Å². The molecular formula is C15H18N6O2S. The topological polar surface area (TPSA) is 125 Å². The molecule has 9 heteroatoms. The highest BCUT2D eigenvalue weighted by Crippen LogP contribution is 2.34. The van der Waals surface area contributed by atoms with Gasteiger partial charge in [-0.25, -0.2) is 9.86 Å². The molecule has 8 nitrogen and oxygen atoms in total. The number of nitrogens with two attached hydrogens (primary N) is 1. The van der Waals surface area contributed by atoms with E-state index in [-0.39, 0.29) is 0 Å². The predicted octanol–water partition coefficient (Wildman–Crippen LogP) is 0.429. The van der Waals surface area contributed by atoms with Crippen LogP contribution in [-0.4, -0.2) is 38.2 Å². The Balaban J connectivity index is 1.75. The Morgan fingerprint density at radius 2 is 2.17 bits per heavy atom. The number of nitrogens with zero attached hydrogens (tertiary/aromatic N) is 4. The molecule has 1 aromatic carbocycles. The Morgan fingerprint density at radius 1 is 1.42 bits per heavy atom. The normalized spacial score (nSPS) is 15.3. The summed E-state index contributed by atoms with van der Waals surface area (Å²) in [7, 11) is -3.64. The highest BCUT2D eigenvalue weighted by atomic mass is 32.2. The lowest BCUT2D eigenvalue weighted by Gasteiger charge is -2.41. The summed E-state index contributed by atoms with van der Waals surface area (Å²) in [6.45, 7) is 3.79. The van der Waals surface area contributed by atoms with Gasteiger partial charge in [0.25, 0.3) is 10.2 Å². The van der Waals surface area contributed by atoms with E-state index in [0.29, 0.717) is 24.6 Å². The van der Waals surface area contributed by atoms with E-state index in [9.17, 15) is 13.7 Å². The maximum atomic E-state index is 10.9. The molecule has 0 bridgehead atoms. The van der Waals surface area contributed by atoms with E-state index in [1.54, 1.807) is 0 Å². The van der Waals surface area contributed by atoms with Gasteiger partial charge in [0.05, 0.1) is 11.2 Å². The zero-order valence-electron chi connectivity index (χ0n) is 13.2. The lowest BCUT2D eigenvalue weighted by atomic mass is 9.94. The molecule has 3 N–H and O–H groups in total. The number of hydrogen-bond donors (Lipinski definition) is 2. The first kappa shape index (κ1) is 16.6. The first-order chi connectivity index (χ1) is 11.4. The lowest BCUT2D eigenvalue weighted by Crippen LogP contribution is -2.48. The number of nitrogens with one attached hydrogen (secondary N) is 1. The van der Waals surface area contributed by atoms with Crippen LogP contribution in [0.3, 0.4) is 0 Å². The van der Waals surface area contributed by atoms with Crippen molar-refractivity contribution in [1.29, 1.82) is 5.26 Å². The monoisotopic (exact) mass is 346 g/mol. The molecule has 0 radical (unpaired) electrons. The van der Waals surface area contributed by atoms with Gasteiger partial charge in [0, 0.05) is 25.0 Å². The maximum absolute atomic E-state index is 10.9. The molecule has 1 aliphatic heterocycles. The van der Waals surface area contributed by atoms with Crippen molar-refractivity contribution in [2.24, 2.45) is 11.1 Å². The summed E-state index contributed by atoms with van der Waals surface area (Å²) >= 11 is 0. The maximum Gasteiger partial charge on any atom is 0.274 e. The fourth-order valence-corrected chi connectivity index (χ4v) is 3.34. The van der Waals surface area contributed by atoms with Gasteiger partial charge in [0.2, 0.25) is 0 Å². The molecule has 3 rings (SSSR count). The first-order valence-electron chi connectivity index (χ1n) is 7.57. The number of rotatable bonds is 5. The number of benzene rings is 1. The van der Waals surface area contributed by atoms with Crippen LogP contribution in [0.15, 0.2) is 18.2 Å². The van der Waals surface area contributed by atoms with Gasteiger partial charge in [-0.2, -0.15) is 13.7 Å². The van der Waals surface area contributed by atoms with Crippen LogP contribution in [0.4, 0.5) is 5.69 Å². The summed E-state index contributed by atoms with van der Waals surface area (Å²) < 4.78 is 24.0. The molecule has 1 aliphatic rings. The van der Waals surface area contributed by atoms with E-state index in [0.717, 1.165) is 35.2 Å². The number of fused-ring (bicyclic) bond motifs is 1. The Morgan fingerprint density at radius 3 is 2.83 bits per heavy atom. The van der Waals surface area contributed by atoms with Crippen molar-refractivity contribution in [3.63, 3.8) is 0 Å². The van der Waals surface area contributed by atoms with Crippen molar-refractivity contribution in [2.75, 3.05) is 24.5 Å². The predicted molar refractivity (Wildman–Crippen MR) is 90.4 cm³/mol. The smallest absolute Gasteiger partial charge is 0.274 e. The molecule has 1 fully saturated rings. The number of aryl methyl sites for hydroxylation is 1. The van der Waals surface area contributed by atoms with Crippen LogP contribution in [0.1, 0.15) is 17.7 Å². The molecule has 24 heavy (non-hydrogen) atoms. The summed E-state index contributed by atoms with van der Waals surface area (Å²) in [6.07, 6.45) is 0.699. The molecule has 126 valence electrons. The van der Waals surface area contributed by atoms with Crippen molar-refractivity contribution < 1.29 is 8.42 Å². The van der Waals surface area contributed by atoms with Crippen molar-refractivity contribution in [3.05, 3.63) is 29.5 Å². The summed E-state index contributed by atoms with van der Waals surface area (Å²) in [6, 6.07) is 8.00. The average Bonchev–Trinajstić information content (AvgIpc) is 2.47. The van der Waals surface area contributed by atoms with E-state index >= 15 is 0 Å². The summed E-state index contributed by atoms with van der Waals surface area (Å²) in [5, 5.41) is 23.3. The van der Waals surface area contributed by atoms with Crippen LogP contribution in [0, 0.1) is 24.2 Å². The second kappa shape index (κ2) is 6.32. The summed E-state index contributed by atoms with van der Waals surface area (Å²) in [5.74, 6) is 0.347. The molecule has 2 aromatic rings. The largest absolute Gasteiger partial charge is 0.368 e. The zero-order valence-corrected chi connectivity index (χ0v) is 14.0. The SMILES string of the molecule is Cc1ccc2c(N3CC(CCNS(N)(=O)=O)C3)c(C#N)nnc2c1. The van der Waals surface area contributed by atoms with Crippen LogP contribution >= 0.6 is 0 Å². The van der Waals surface area contributed by atoms with Crippen molar-refractivity contribution >= 4 is 26.8 Å². The van der Waals surface area contributed by atoms with Gasteiger partial charge >= 0.3 is 0 Å². The van der Waals surface area contributed by atoms with Gasteiger partial charge in [-0.3, -0.25) is 0 Å². The van der Waals surface area contributed by atoms with Crippen molar-refractivity contribution in [2.45, 2.75) is 13.3 Å². The Kier molecular flexibility index (Phi) is 4.36. The minimum absolute atomic E-state index is 0.312. The van der Waals surface area contributed by atoms with Gasteiger partial charge in [-0.05, 0) is 30.9 Å². The van der Waals surface area contributed by atoms with Crippen molar-refractivity contribution in [3.8, 4) is 6.07 Å². The minimum atomic E-state index is -3.64. The lowest BCUT2D eigenvalue weighted by molar-refractivity contribution is 0.384. The van der Waals surface area contributed by atoms with Crippen LogP contribution in [0.5, 0.6) is 0 Å². The number of hydrogen-bond acceptors (Lipinski definition) is 6. The summed E-state index contributed by atoms with van der Waals surface area (Å²) in [4.78, 5) is 2.09. The molecule has 0 amide bonds. The molecule has 1 aromatic heterocycles. The number of aromatic nitrogens is 2. The first-order valence-corrected chi connectivity index (χ1v) is 9.11. The molecule has 1 saturated heterocycles. The van der Waals surface area contributed by atoms with Crippen LogP contribution in [0.25, 0.3) is 10.9 Å². The minimum Gasteiger partial charge on any atom is -0.368 e. The second-order valence-corrected chi connectivity index (χ2v) is 7.41. The van der Waals surface area contributed by atoms with Gasteiger partial charge in [0.1, 0.15) is 6.07 Å². The molecule has 0 saturated carbocycles. The number of nitriles is 1. The van der Waals surface area contributed by atoms with Gasteiger partial charge in [-0.1, -0.05) is 12.1 Å². The van der Waals surface area contributed by atoms with E-state index in [2.05, 4.69) is 25.9 Å². The quantitative estimate of drug-likeness (QED) is 0.809. The van der Waals surface area contributed by atoms with Crippen LogP contribution in [0.2, 0.25) is 0 Å². The molecule has 0 spiro atoms. The van der Waals surface area contributed by atoms with E-state index in [4.69, 9.17) is 5.14 Å². The fraction of sp³-hybridized carbons (Fsp3) is 0.400. The average molecular weight is 346 g/mol. The molecule has 0 aliphatic carbocycles. The molecule has 0 atom stereocenters. The standard InChI is InChI=1S/C15H18N6O2S/c1-10-2-3-12-13(6-10)19-20-14(7-16)15(12)21-8-11(9-21)4-5-18-24(17,22)23/h2-3,6,11,18H,4-5,8-9H2,1H3,(H2,17,22,23). The van der Waals surface area contributed by atoms with Crippen molar-refractivity contribution in [1.82, 2.24) is 14.9 Å². The third kappa shape index (κ3) is 3.46. The highest BCUT2D eigenvalue weighted by Gasteiger charge is 2.30. The Hall–Kier alpha value is -2.28. The number of anilines is 1. The van der Waals surface area contributed by atoms with Gasteiger partial charge in [0.15, 0.2) is 5.69 Å².